The van der Waals surface area contributed by atoms with Gasteiger partial charge in [-0.1, -0.05) is 0 Å². The number of ether oxygens (including phenoxy) is 1. The molecule has 8 heteroatoms. The second-order valence-electron chi connectivity index (χ2n) is 7.93. The predicted octanol–water partition coefficient (Wildman–Crippen LogP) is 4.60. The molecule has 3 heterocycles. The summed E-state index contributed by atoms with van der Waals surface area (Å²) in [6.45, 7) is 9.55. The van der Waals surface area contributed by atoms with Crippen molar-refractivity contribution >= 4 is 43.6 Å². The number of halogens is 1. The molecule has 1 N–H and O–H groups in total. The number of carbonyl (C=O) groups is 1. The fourth-order valence-electron chi connectivity index (χ4n) is 3.19. The highest BCUT2D eigenvalue weighted by atomic mass is 79.9. The van der Waals surface area contributed by atoms with E-state index in [-0.39, 0.29) is 23.2 Å². The third-order valence-electron chi connectivity index (χ3n) is 4.27. The molecule has 0 radical (unpaired) electrons. The molecule has 0 unspecified atom stereocenters. The van der Waals surface area contributed by atoms with Crippen LogP contribution >= 0.6 is 27.3 Å². The van der Waals surface area contributed by atoms with Crippen LogP contribution < -0.4 is 5.56 Å². The molecule has 1 amide bonds. The van der Waals surface area contributed by atoms with Gasteiger partial charge in [0, 0.05) is 5.54 Å². The van der Waals surface area contributed by atoms with Gasteiger partial charge in [0.1, 0.15) is 16.1 Å². The number of nitrogens with one attached hydrogen (secondary N) is 1. The number of hydrogen-bond acceptors (Lipinski definition) is 5. The molecule has 0 spiro atoms. The molecule has 136 valence electrons. The van der Waals surface area contributed by atoms with Gasteiger partial charge in [-0.25, -0.2) is 9.78 Å². The Balaban J connectivity index is 2.03. The normalized spacial score (nSPS) is 20.2. The summed E-state index contributed by atoms with van der Waals surface area (Å²) in [5.74, 6) is 0.513. The van der Waals surface area contributed by atoms with Crippen LogP contribution in [-0.2, 0) is 4.74 Å². The molecule has 25 heavy (non-hydrogen) atoms. The van der Waals surface area contributed by atoms with Gasteiger partial charge in [-0.15, -0.1) is 11.3 Å². The highest BCUT2D eigenvalue weighted by molar-refractivity contribution is 9.11. The fraction of sp³-hybridized carbons (Fsp3) is 0.588. The Kier molecular flexibility index (Phi) is 4.48. The lowest BCUT2D eigenvalue weighted by atomic mass is 10.0. The zero-order chi connectivity index (χ0) is 18.6. The molecule has 0 saturated carbocycles. The predicted molar refractivity (Wildman–Crippen MR) is 102 cm³/mol. The van der Waals surface area contributed by atoms with E-state index in [4.69, 9.17) is 4.74 Å². The third-order valence-corrected chi connectivity index (χ3v) is 5.90. The molecule has 3 rings (SSSR count). The van der Waals surface area contributed by atoms with E-state index in [1.165, 1.54) is 11.3 Å². The number of aromatic amines is 1. The van der Waals surface area contributed by atoms with Gasteiger partial charge >= 0.3 is 6.09 Å². The zero-order valence-electron chi connectivity index (χ0n) is 15.0. The van der Waals surface area contributed by atoms with E-state index in [1.807, 2.05) is 40.7 Å². The minimum Gasteiger partial charge on any atom is -0.444 e. The standard InChI is InChI=1S/C17H22BrN3O3S/c1-16(2,3)24-15(23)21-10(6-7-17(21,4)5)13-19-9-8-11(18)25-12(9)14(22)20-13/h8,10H,6-7H2,1-5H3,(H,19,20,22)/t10-/m0/s1. The van der Waals surface area contributed by atoms with Crippen molar-refractivity contribution in [3.8, 4) is 0 Å². The lowest BCUT2D eigenvalue weighted by Crippen LogP contribution is -2.46. The van der Waals surface area contributed by atoms with Crippen LogP contribution in [-0.4, -0.2) is 32.1 Å². The summed E-state index contributed by atoms with van der Waals surface area (Å²) in [7, 11) is 0. The lowest BCUT2D eigenvalue weighted by Gasteiger charge is -2.36. The first-order valence-corrected chi connectivity index (χ1v) is 9.80. The number of hydrogen-bond donors (Lipinski definition) is 1. The molecule has 1 atom stereocenters. The number of H-pyrrole nitrogens is 1. The van der Waals surface area contributed by atoms with E-state index in [1.54, 1.807) is 4.90 Å². The number of likely N-dealkylation sites (tertiary alicyclic amines) is 1. The van der Waals surface area contributed by atoms with E-state index in [0.29, 0.717) is 16.0 Å². The summed E-state index contributed by atoms with van der Waals surface area (Å²) < 4.78 is 7.03. The first-order chi connectivity index (χ1) is 11.5. The van der Waals surface area contributed by atoms with Crippen molar-refractivity contribution in [3.63, 3.8) is 0 Å². The largest absolute Gasteiger partial charge is 0.444 e. The molecular weight excluding hydrogens is 406 g/mol. The summed E-state index contributed by atoms with van der Waals surface area (Å²) in [5.41, 5.74) is -0.479. The van der Waals surface area contributed by atoms with Crippen LogP contribution in [0.5, 0.6) is 0 Å². The molecule has 1 aliphatic heterocycles. The molecule has 2 aromatic rings. The number of aromatic nitrogens is 2. The van der Waals surface area contributed by atoms with Crippen LogP contribution in [0.25, 0.3) is 10.2 Å². The molecule has 2 aromatic heterocycles. The second kappa shape index (κ2) is 6.09. The topological polar surface area (TPSA) is 75.3 Å². The summed E-state index contributed by atoms with van der Waals surface area (Å²) in [6, 6.07) is 1.53. The maximum atomic E-state index is 12.8. The first-order valence-electron chi connectivity index (χ1n) is 8.19. The van der Waals surface area contributed by atoms with Gasteiger partial charge in [-0.3, -0.25) is 9.69 Å². The van der Waals surface area contributed by atoms with Crippen molar-refractivity contribution < 1.29 is 9.53 Å². The molecule has 0 aromatic carbocycles. The third kappa shape index (κ3) is 3.60. The Morgan fingerprint density at radius 2 is 2.16 bits per heavy atom. The second-order valence-corrected chi connectivity index (χ2v) is 10.4. The van der Waals surface area contributed by atoms with E-state index < -0.39 is 5.60 Å². The highest BCUT2D eigenvalue weighted by Gasteiger charge is 2.46. The van der Waals surface area contributed by atoms with Crippen molar-refractivity contribution in [1.82, 2.24) is 14.9 Å². The van der Waals surface area contributed by atoms with Crippen molar-refractivity contribution in [1.29, 1.82) is 0 Å². The SMILES string of the molecule is CC(C)(C)OC(=O)N1[C@H](c2nc3cc(Br)sc3c(=O)[nH]2)CCC1(C)C. The van der Waals surface area contributed by atoms with E-state index in [0.717, 1.165) is 16.6 Å². The molecule has 1 fully saturated rings. The zero-order valence-corrected chi connectivity index (χ0v) is 17.4. The number of fused-ring (bicyclic) bond motifs is 1. The van der Waals surface area contributed by atoms with Crippen LogP contribution in [0.1, 0.15) is 59.3 Å². The van der Waals surface area contributed by atoms with Crippen molar-refractivity contribution in [2.45, 2.75) is 64.6 Å². The average molecular weight is 428 g/mol. The molecule has 6 nitrogen and oxygen atoms in total. The van der Waals surface area contributed by atoms with Gasteiger partial charge in [0.2, 0.25) is 0 Å². The van der Waals surface area contributed by atoms with Gasteiger partial charge in [-0.05, 0) is 69.5 Å². The van der Waals surface area contributed by atoms with Crippen molar-refractivity contribution in [2.75, 3.05) is 0 Å². The Morgan fingerprint density at radius 1 is 1.48 bits per heavy atom. The summed E-state index contributed by atoms with van der Waals surface area (Å²) in [5, 5.41) is 0. The number of rotatable bonds is 1. The summed E-state index contributed by atoms with van der Waals surface area (Å²) in [4.78, 5) is 34.4. The average Bonchev–Trinajstić information content (AvgIpc) is 2.96. The van der Waals surface area contributed by atoms with Crippen molar-refractivity contribution in [2.24, 2.45) is 0 Å². The Hall–Kier alpha value is -1.41. The highest BCUT2D eigenvalue weighted by Crippen LogP contribution is 2.42. The molecule has 1 aliphatic rings. The van der Waals surface area contributed by atoms with Gasteiger partial charge in [-0.2, -0.15) is 0 Å². The van der Waals surface area contributed by atoms with Gasteiger partial charge in [0.05, 0.1) is 15.3 Å². The van der Waals surface area contributed by atoms with Crippen LogP contribution in [0, 0.1) is 0 Å². The number of nitrogens with zero attached hydrogens (tertiary/aromatic N) is 2. The number of thiophene rings is 1. The van der Waals surface area contributed by atoms with E-state index >= 15 is 0 Å². The van der Waals surface area contributed by atoms with Crippen LogP contribution in [0.4, 0.5) is 4.79 Å². The molecule has 0 bridgehead atoms. The smallest absolute Gasteiger partial charge is 0.411 e. The van der Waals surface area contributed by atoms with Gasteiger partial charge in [0.15, 0.2) is 0 Å². The monoisotopic (exact) mass is 427 g/mol. The fourth-order valence-corrected chi connectivity index (χ4v) is 4.61. The maximum absolute atomic E-state index is 12.8. The Labute approximate surface area is 158 Å². The van der Waals surface area contributed by atoms with Gasteiger partial charge < -0.3 is 9.72 Å². The minimum absolute atomic E-state index is 0.176. The molecule has 0 aliphatic carbocycles. The van der Waals surface area contributed by atoms with Gasteiger partial charge in [0.25, 0.3) is 5.56 Å². The lowest BCUT2D eigenvalue weighted by molar-refractivity contribution is 0.00267. The maximum Gasteiger partial charge on any atom is 0.411 e. The molecular formula is C17H22BrN3O3S. The van der Waals surface area contributed by atoms with Crippen LogP contribution in [0.3, 0.4) is 0 Å². The van der Waals surface area contributed by atoms with Crippen LogP contribution in [0.15, 0.2) is 14.6 Å². The van der Waals surface area contributed by atoms with E-state index in [9.17, 15) is 9.59 Å². The minimum atomic E-state index is -0.580. The summed E-state index contributed by atoms with van der Waals surface area (Å²) in [6.07, 6.45) is 1.16. The Bertz CT molecular complexity index is 881. The van der Waals surface area contributed by atoms with Crippen LogP contribution in [0.2, 0.25) is 0 Å². The summed E-state index contributed by atoms with van der Waals surface area (Å²) >= 11 is 4.74. The van der Waals surface area contributed by atoms with Crippen molar-refractivity contribution in [3.05, 3.63) is 26.0 Å². The first kappa shape index (κ1) is 18.4. The quantitative estimate of drug-likeness (QED) is 0.721. The number of carbonyl (C=O) groups excluding carboxylic acids is 1. The Morgan fingerprint density at radius 3 is 2.80 bits per heavy atom. The molecule has 1 saturated heterocycles. The number of amides is 1. The van der Waals surface area contributed by atoms with E-state index in [2.05, 4.69) is 25.9 Å².